The van der Waals surface area contributed by atoms with Crippen molar-refractivity contribution in [3.05, 3.63) is 0 Å². The first-order valence-electron chi connectivity index (χ1n) is 8.01. The van der Waals surface area contributed by atoms with Gasteiger partial charge in [-0.2, -0.15) is 0 Å². The molecule has 0 spiro atoms. The smallest absolute Gasteiger partial charge is 0.229 e. The number of fused-ring (bicyclic) bond motifs is 2. The summed E-state index contributed by atoms with van der Waals surface area (Å²) in [7, 11) is 0. The number of carbonyl (C=O) groups is 1. The Bertz CT molecular complexity index is 331. The lowest BCUT2D eigenvalue weighted by Crippen LogP contribution is -2.52. The number of carbonyl (C=O) groups excluding carboxylic acids is 1. The molecule has 3 nitrogen and oxygen atoms in total. The van der Waals surface area contributed by atoms with Crippen LogP contribution in [0.5, 0.6) is 0 Å². The lowest BCUT2D eigenvalue weighted by atomic mass is 9.73. The summed E-state index contributed by atoms with van der Waals surface area (Å²) in [4.78, 5) is 15.3. The second kappa shape index (κ2) is 5.08. The number of ether oxygens (including phenoxy) is 1. The van der Waals surface area contributed by atoms with Gasteiger partial charge in [0.05, 0.1) is 0 Å². The first kappa shape index (κ1) is 13.4. The highest BCUT2D eigenvalue weighted by molar-refractivity contribution is 5.83. The van der Waals surface area contributed by atoms with Gasteiger partial charge in [0, 0.05) is 30.7 Å². The van der Waals surface area contributed by atoms with Crippen molar-refractivity contribution in [1.82, 2.24) is 4.90 Å². The molecular weight excluding hydrogens is 238 g/mol. The van der Waals surface area contributed by atoms with Gasteiger partial charge in [-0.1, -0.05) is 13.8 Å². The van der Waals surface area contributed by atoms with E-state index in [1.807, 2.05) is 0 Å². The van der Waals surface area contributed by atoms with Gasteiger partial charge < -0.3 is 9.64 Å². The molecule has 0 aromatic rings. The van der Waals surface area contributed by atoms with Crippen molar-refractivity contribution in [3.63, 3.8) is 0 Å². The van der Waals surface area contributed by atoms with Crippen LogP contribution in [0.4, 0.5) is 0 Å². The summed E-state index contributed by atoms with van der Waals surface area (Å²) in [5.41, 5.74) is -0.206. The highest BCUT2D eigenvalue weighted by Crippen LogP contribution is 2.42. The van der Waals surface area contributed by atoms with Crippen LogP contribution in [0.1, 0.15) is 58.8 Å². The standard InChI is InChI=1S/C16H27NO2/c1-16(2,12-8-10-19-11-9-12)15(18)17-13-4-3-5-14(17)7-6-13/h12-14H,3-11H2,1-2H3. The van der Waals surface area contributed by atoms with E-state index in [0.717, 1.165) is 26.1 Å². The Balaban J connectivity index is 1.75. The van der Waals surface area contributed by atoms with Gasteiger partial charge in [0.2, 0.25) is 5.91 Å². The van der Waals surface area contributed by atoms with Crippen molar-refractivity contribution in [1.29, 1.82) is 0 Å². The van der Waals surface area contributed by atoms with E-state index in [1.54, 1.807) is 0 Å². The zero-order chi connectivity index (χ0) is 13.5. The minimum absolute atomic E-state index is 0.206. The molecule has 0 radical (unpaired) electrons. The number of piperidine rings is 1. The first-order valence-corrected chi connectivity index (χ1v) is 8.01. The summed E-state index contributed by atoms with van der Waals surface area (Å²) < 4.78 is 5.45. The maximum atomic E-state index is 13.1. The minimum atomic E-state index is -0.206. The minimum Gasteiger partial charge on any atom is -0.381 e. The molecule has 3 heterocycles. The molecule has 19 heavy (non-hydrogen) atoms. The molecule has 3 aliphatic rings. The zero-order valence-corrected chi connectivity index (χ0v) is 12.4. The van der Waals surface area contributed by atoms with Gasteiger partial charge in [-0.3, -0.25) is 4.79 Å². The number of hydrogen-bond acceptors (Lipinski definition) is 2. The average Bonchev–Trinajstić information content (AvgIpc) is 2.67. The van der Waals surface area contributed by atoms with E-state index < -0.39 is 0 Å². The highest BCUT2D eigenvalue weighted by Gasteiger charge is 2.47. The second-order valence-corrected chi connectivity index (χ2v) is 7.14. The maximum absolute atomic E-state index is 13.1. The SMILES string of the molecule is CC(C)(C(=O)N1C2CCCC1CC2)C1CCOCC1. The van der Waals surface area contributed by atoms with Crippen molar-refractivity contribution in [2.45, 2.75) is 70.9 Å². The van der Waals surface area contributed by atoms with Crippen LogP contribution >= 0.6 is 0 Å². The van der Waals surface area contributed by atoms with Gasteiger partial charge in [0.25, 0.3) is 0 Å². The fraction of sp³-hybridized carbons (Fsp3) is 0.938. The maximum Gasteiger partial charge on any atom is 0.229 e. The van der Waals surface area contributed by atoms with Crippen molar-refractivity contribution in [2.75, 3.05) is 13.2 Å². The van der Waals surface area contributed by atoms with E-state index >= 15 is 0 Å². The van der Waals surface area contributed by atoms with Gasteiger partial charge >= 0.3 is 0 Å². The Morgan fingerprint density at radius 1 is 1.00 bits per heavy atom. The summed E-state index contributed by atoms with van der Waals surface area (Å²) in [6.45, 7) is 5.99. The van der Waals surface area contributed by atoms with Crippen LogP contribution in [-0.2, 0) is 9.53 Å². The summed E-state index contributed by atoms with van der Waals surface area (Å²) in [5.74, 6) is 0.918. The third-order valence-electron chi connectivity index (χ3n) is 5.72. The van der Waals surface area contributed by atoms with Crippen molar-refractivity contribution in [3.8, 4) is 0 Å². The van der Waals surface area contributed by atoms with Crippen molar-refractivity contribution < 1.29 is 9.53 Å². The van der Waals surface area contributed by atoms with E-state index in [9.17, 15) is 4.79 Å². The molecular formula is C16H27NO2. The summed E-state index contributed by atoms with van der Waals surface area (Å²) >= 11 is 0. The van der Waals surface area contributed by atoms with Crippen molar-refractivity contribution >= 4 is 5.91 Å². The van der Waals surface area contributed by atoms with Gasteiger partial charge in [-0.05, 0) is 50.9 Å². The summed E-state index contributed by atoms with van der Waals surface area (Å²) in [6, 6.07) is 1.09. The van der Waals surface area contributed by atoms with E-state index in [-0.39, 0.29) is 5.41 Å². The van der Waals surface area contributed by atoms with Crippen LogP contribution in [0.15, 0.2) is 0 Å². The molecule has 3 rings (SSSR count). The number of hydrogen-bond donors (Lipinski definition) is 0. The third kappa shape index (κ3) is 2.31. The largest absolute Gasteiger partial charge is 0.381 e. The number of rotatable bonds is 2. The molecule has 0 N–H and O–H groups in total. The molecule has 0 aliphatic carbocycles. The fourth-order valence-electron chi connectivity index (χ4n) is 4.38. The van der Waals surface area contributed by atoms with Gasteiger partial charge in [0.1, 0.15) is 0 Å². The molecule has 3 heteroatoms. The van der Waals surface area contributed by atoms with E-state index in [1.165, 1.54) is 32.1 Å². The Morgan fingerprint density at radius 2 is 1.58 bits per heavy atom. The normalized spacial score (nSPS) is 32.6. The topological polar surface area (TPSA) is 29.5 Å². The molecule has 3 fully saturated rings. The zero-order valence-electron chi connectivity index (χ0n) is 12.4. The predicted molar refractivity (Wildman–Crippen MR) is 74.8 cm³/mol. The molecule has 3 aliphatic heterocycles. The molecule has 2 bridgehead atoms. The fourth-order valence-corrected chi connectivity index (χ4v) is 4.38. The molecule has 108 valence electrons. The second-order valence-electron chi connectivity index (χ2n) is 7.14. The summed E-state index contributed by atoms with van der Waals surface area (Å²) in [6.07, 6.45) is 8.33. The highest BCUT2D eigenvalue weighted by atomic mass is 16.5. The van der Waals surface area contributed by atoms with E-state index in [0.29, 0.717) is 23.9 Å². The quantitative estimate of drug-likeness (QED) is 0.768. The Kier molecular flexibility index (Phi) is 3.59. The van der Waals surface area contributed by atoms with Crippen LogP contribution in [0.25, 0.3) is 0 Å². The summed E-state index contributed by atoms with van der Waals surface area (Å²) in [5, 5.41) is 0. The Morgan fingerprint density at radius 3 is 2.16 bits per heavy atom. The number of nitrogens with zero attached hydrogens (tertiary/aromatic N) is 1. The van der Waals surface area contributed by atoms with Gasteiger partial charge in [0.15, 0.2) is 0 Å². The van der Waals surface area contributed by atoms with Crippen LogP contribution in [-0.4, -0.2) is 36.1 Å². The molecule has 2 unspecified atom stereocenters. The molecule has 0 aromatic carbocycles. The van der Waals surface area contributed by atoms with Crippen LogP contribution < -0.4 is 0 Å². The Labute approximate surface area is 116 Å². The van der Waals surface area contributed by atoms with Crippen LogP contribution in [0, 0.1) is 11.3 Å². The first-order chi connectivity index (χ1) is 9.10. The van der Waals surface area contributed by atoms with Crippen LogP contribution in [0.2, 0.25) is 0 Å². The third-order valence-corrected chi connectivity index (χ3v) is 5.72. The Hall–Kier alpha value is -0.570. The van der Waals surface area contributed by atoms with Crippen LogP contribution in [0.3, 0.4) is 0 Å². The number of amides is 1. The lowest BCUT2D eigenvalue weighted by Gasteiger charge is -2.43. The van der Waals surface area contributed by atoms with Gasteiger partial charge in [-0.15, -0.1) is 0 Å². The molecule has 0 saturated carbocycles. The molecule has 2 atom stereocenters. The molecule has 3 saturated heterocycles. The van der Waals surface area contributed by atoms with E-state index in [2.05, 4.69) is 18.7 Å². The predicted octanol–water partition coefficient (Wildman–Crippen LogP) is 2.98. The van der Waals surface area contributed by atoms with Gasteiger partial charge in [-0.25, -0.2) is 0 Å². The monoisotopic (exact) mass is 265 g/mol. The molecule has 0 aromatic heterocycles. The van der Waals surface area contributed by atoms with Crippen molar-refractivity contribution in [2.24, 2.45) is 11.3 Å². The average molecular weight is 265 g/mol. The molecule has 1 amide bonds. The van der Waals surface area contributed by atoms with E-state index in [4.69, 9.17) is 4.74 Å². The lowest BCUT2D eigenvalue weighted by molar-refractivity contribution is -0.150.